The van der Waals surface area contributed by atoms with Crippen molar-refractivity contribution in [2.24, 2.45) is 0 Å². The van der Waals surface area contributed by atoms with Gasteiger partial charge in [0.25, 0.3) is 0 Å². The molecule has 1 heterocycles. The minimum Gasteiger partial charge on any atom is -0.468 e. The fourth-order valence-corrected chi connectivity index (χ4v) is 3.91. The van der Waals surface area contributed by atoms with Crippen molar-refractivity contribution in [3.05, 3.63) is 26.9 Å². The van der Waals surface area contributed by atoms with Crippen LogP contribution in [0.25, 0.3) is 0 Å². The van der Waals surface area contributed by atoms with E-state index in [-0.39, 0.29) is 5.97 Å². The number of hydrogen-bond acceptors (Lipinski definition) is 4. The van der Waals surface area contributed by atoms with Crippen molar-refractivity contribution >= 4 is 37.8 Å². The maximum atomic E-state index is 12.2. The van der Waals surface area contributed by atoms with Gasteiger partial charge in [0.15, 0.2) is 0 Å². The van der Waals surface area contributed by atoms with Crippen LogP contribution in [0.4, 0.5) is 0 Å². The molecule has 4 nitrogen and oxygen atoms in total. The van der Waals surface area contributed by atoms with Crippen LogP contribution in [0.1, 0.15) is 50.3 Å². The summed E-state index contributed by atoms with van der Waals surface area (Å²) >= 11 is 6.86. The van der Waals surface area contributed by atoms with Crippen LogP contribution in [0.5, 0.6) is 0 Å². The fraction of sp³-hybridized carbons (Fsp3) is 0.600. The highest BCUT2D eigenvalue weighted by Crippen LogP contribution is 2.27. The molecule has 0 amide bonds. The molecule has 1 aliphatic carbocycles. The zero-order chi connectivity index (χ0) is 15.2. The Hall–Kier alpha value is -0.460. The average Bonchev–Trinajstić information content (AvgIpc) is 2.73. The third kappa shape index (κ3) is 4.76. The molecule has 1 atom stereocenters. The zero-order valence-corrected chi connectivity index (χ0v) is 15.2. The van der Waals surface area contributed by atoms with Crippen LogP contribution < -0.4 is 5.32 Å². The van der Waals surface area contributed by atoms with Gasteiger partial charge in [0, 0.05) is 21.2 Å². The molecule has 1 unspecified atom stereocenters. The molecule has 0 aromatic carbocycles. The first-order valence-corrected chi connectivity index (χ1v) is 8.85. The first-order chi connectivity index (χ1) is 10.1. The molecule has 116 valence electrons. The average molecular weight is 420 g/mol. The second-order valence-electron chi connectivity index (χ2n) is 5.33. The van der Waals surface area contributed by atoms with E-state index < -0.39 is 6.04 Å². The van der Waals surface area contributed by atoms with Gasteiger partial charge in [-0.2, -0.15) is 0 Å². The summed E-state index contributed by atoms with van der Waals surface area (Å²) in [5.41, 5.74) is 0.675. The van der Waals surface area contributed by atoms with Crippen molar-refractivity contribution < 1.29 is 9.53 Å². The molecule has 1 aromatic heterocycles. The first kappa shape index (κ1) is 16.9. The molecule has 21 heavy (non-hydrogen) atoms. The van der Waals surface area contributed by atoms with Gasteiger partial charge in [0.05, 0.1) is 12.8 Å². The van der Waals surface area contributed by atoms with Gasteiger partial charge in [0.1, 0.15) is 6.04 Å². The topological polar surface area (TPSA) is 51.2 Å². The van der Waals surface area contributed by atoms with E-state index >= 15 is 0 Å². The molecular formula is C15H20Br2N2O2. The van der Waals surface area contributed by atoms with E-state index in [1.165, 1.54) is 32.8 Å². The maximum Gasteiger partial charge on any atom is 0.329 e. The predicted octanol–water partition coefficient (Wildman–Crippen LogP) is 4.13. The van der Waals surface area contributed by atoms with E-state index in [1.807, 2.05) is 6.07 Å². The third-order valence-electron chi connectivity index (χ3n) is 3.80. The second kappa shape index (κ2) is 8.25. The minimum absolute atomic E-state index is 0.297. The fourth-order valence-electron chi connectivity index (χ4n) is 2.70. The van der Waals surface area contributed by atoms with Crippen LogP contribution in [-0.4, -0.2) is 24.1 Å². The molecule has 0 bridgehead atoms. The van der Waals surface area contributed by atoms with Gasteiger partial charge in [-0.05, 0) is 50.8 Å². The van der Waals surface area contributed by atoms with Gasteiger partial charge < -0.3 is 4.74 Å². The number of hydrogen-bond donors (Lipinski definition) is 1. The van der Waals surface area contributed by atoms with Crippen LogP contribution in [-0.2, 0) is 9.53 Å². The van der Waals surface area contributed by atoms with E-state index in [2.05, 4.69) is 42.2 Å². The summed E-state index contributed by atoms with van der Waals surface area (Å²) in [7, 11) is 1.41. The summed E-state index contributed by atoms with van der Waals surface area (Å²) in [6.07, 6.45) is 8.87. The van der Waals surface area contributed by atoms with Crippen molar-refractivity contribution in [2.75, 3.05) is 7.11 Å². The lowest BCUT2D eigenvalue weighted by Gasteiger charge is -2.23. The van der Waals surface area contributed by atoms with Crippen LogP contribution >= 0.6 is 31.9 Å². The van der Waals surface area contributed by atoms with Crippen molar-refractivity contribution in [2.45, 2.75) is 50.6 Å². The predicted molar refractivity (Wildman–Crippen MR) is 89.0 cm³/mol. The van der Waals surface area contributed by atoms with Gasteiger partial charge in [-0.15, -0.1) is 0 Å². The van der Waals surface area contributed by atoms with Crippen LogP contribution in [0.2, 0.25) is 0 Å². The molecule has 2 rings (SSSR count). The summed E-state index contributed by atoms with van der Waals surface area (Å²) < 4.78 is 6.62. The molecule has 1 aliphatic rings. The Kier molecular flexibility index (Phi) is 6.64. The molecule has 6 heteroatoms. The minimum atomic E-state index is -0.527. The number of carbonyl (C=O) groups excluding carboxylic acids is 1. The van der Waals surface area contributed by atoms with Crippen molar-refractivity contribution in [1.29, 1.82) is 0 Å². The standard InChI is InChI=1S/C15H20Br2N2O2/c1-21-15(20)14(13-12(17)8-10(16)9-18-13)19-11-6-4-2-3-5-7-11/h8-9,11,14,19H,2-7H2,1H3. The summed E-state index contributed by atoms with van der Waals surface area (Å²) in [6, 6.07) is 1.71. The van der Waals surface area contributed by atoms with E-state index in [4.69, 9.17) is 4.74 Å². The van der Waals surface area contributed by atoms with E-state index in [9.17, 15) is 4.79 Å². The molecule has 0 radical (unpaired) electrons. The molecule has 1 fully saturated rings. The van der Waals surface area contributed by atoms with Crippen molar-refractivity contribution in [3.8, 4) is 0 Å². The Morgan fingerprint density at radius 2 is 2.00 bits per heavy atom. The lowest BCUT2D eigenvalue weighted by molar-refractivity contribution is -0.143. The summed E-state index contributed by atoms with van der Waals surface area (Å²) in [5, 5.41) is 3.44. The smallest absolute Gasteiger partial charge is 0.329 e. The Bertz CT molecular complexity index is 489. The number of nitrogens with one attached hydrogen (secondary N) is 1. The van der Waals surface area contributed by atoms with Crippen LogP contribution in [0.15, 0.2) is 21.2 Å². The Balaban J connectivity index is 2.19. The molecule has 1 aromatic rings. The third-order valence-corrected chi connectivity index (χ3v) is 4.87. The van der Waals surface area contributed by atoms with Crippen molar-refractivity contribution in [1.82, 2.24) is 10.3 Å². The molecule has 0 aliphatic heterocycles. The molecule has 0 spiro atoms. The number of esters is 1. The number of nitrogens with zero attached hydrogens (tertiary/aromatic N) is 1. The zero-order valence-electron chi connectivity index (χ0n) is 12.1. The summed E-state index contributed by atoms with van der Waals surface area (Å²) in [4.78, 5) is 16.5. The van der Waals surface area contributed by atoms with E-state index in [1.54, 1.807) is 6.20 Å². The summed E-state index contributed by atoms with van der Waals surface area (Å²) in [6.45, 7) is 0. The van der Waals surface area contributed by atoms with E-state index in [0.717, 1.165) is 21.8 Å². The number of pyridine rings is 1. The Morgan fingerprint density at radius 1 is 1.33 bits per heavy atom. The molecule has 0 saturated heterocycles. The molecule has 1 saturated carbocycles. The largest absolute Gasteiger partial charge is 0.468 e. The lowest BCUT2D eigenvalue weighted by Crippen LogP contribution is -2.38. The van der Waals surface area contributed by atoms with Crippen LogP contribution in [0.3, 0.4) is 0 Å². The monoisotopic (exact) mass is 418 g/mol. The first-order valence-electron chi connectivity index (χ1n) is 7.26. The Labute approximate surface area is 142 Å². The van der Waals surface area contributed by atoms with Gasteiger partial charge in [-0.25, -0.2) is 4.79 Å². The van der Waals surface area contributed by atoms with Gasteiger partial charge in [0.2, 0.25) is 0 Å². The lowest BCUT2D eigenvalue weighted by atomic mass is 10.1. The molecular weight excluding hydrogens is 400 g/mol. The maximum absolute atomic E-state index is 12.2. The number of aromatic nitrogens is 1. The number of halogens is 2. The van der Waals surface area contributed by atoms with Gasteiger partial charge in [-0.3, -0.25) is 10.3 Å². The van der Waals surface area contributed by atoms with Gasteiger partial charge >= 0.3 is 5.97 Å². The SMILES string of the molecule is COC(=O)C(NC1CCCCCC1)c1ncc(Br)cc1Br. The normalized spacial score (nSPS) is 18.0. The number of carbonyl (C=O) groups is 1. The second-order valence-corrected chi connectivity index (χ2v) is 7.10. The summed E-state index contributed by atoms with van der Waals surface area (Å²) in [5.74, 6) is -0.297. The van der Waals surface area contributed by atoms with Crippen LogP contribution in [0, 0.1) is 0 Å². The Morgan fingerprint density at radius 3 is 2.57 bits per heavy atom. The number of ether oxygens (including phenoxy) is 1. The van der Waals surface area contributed by atoms with Crippen molar-refractivity contribution in [3.63, 3.8) is 0 Å². The molecule has 1 N–H and O–H groups in total. The van der Waals surface area contributed by atoms with E-state index in [0.29, 0.717) is 11.7 Å². The number of rotatable bonds is 4. The highest BCUT2D eigenvalue weighted by Gasteiger charge is 2.28. The highest BCUT2D eigenvalue weighted by atomic mass is 79.9. The quantitative estimate of drug-likeness (QED) is 0.588. The number of methoxy groups -OCH3 is 1. The van der Waals surface area contributed by atoms with Gasteiger partial charge in [-0.1, -0.05) is 25.7 Å². The highest BCUT2D eigenvalue weighted by molar-refractivity contribution is 9.11.